The topological polar surface area (TPSA) is 40.2 Å². The molecule has 3 heteroatoms. The molecule has 0 aliphatic carbocycles. The lowest BCUT2D eigenvalue weighted by molar-refractivity contribution is 0.0616. The Labute approximate surface area is 120 Å². The van der Waals surface area contributed by atoms with E-state index in [0.29, 0.717) is 0 Å². The van der Waals surface area contributed by atoms with Gasteiger partial charge < -0.3 is 15.0 Å². The van der Waals surface area contributed by atoms with Crippen molar-refractivity contribution < 1.29 is 4.74 Å². The number of nitrogens with zero attached hydrogens (tertiary/aromatic N) is 1. The van der Waals surface area contributed by atoms with E-state index < -0.39 is 0 Å². The molecule has 108 valence electrons. The van der Waals surface area contributed by atoms with Crippen LogP contribution in [0.4, 0.5) is 0 Å². The van der Waals surface area contributed by atoms with Crippen LogP contribution in [0.3, 0.4) is 0 Å². The molecule has 3 nitrogen and oxygen atoms in total. The molecule has 0 amide bonds. The third-order valence-corrected chi connectivity index (χ3v) is 4.30. The summed E-state index contributed by atoms with van der Waals surface area (Å²) in [6.07, 6.45) is 6.74. The van der Waals surface area contributed by atoms with Gasteiger partial charge in [0, 0.05) is 31.5 Å². The van der Waals surface area contributed by atoms with E-state index in [-0.39, 0.29) is 0 Å². The van der Waals surface area contributed by atoms with Crippen LogP contribution in [0, 0.1) is 5.92 Å². The van der Waals surface area contributed by atoms with Crippen molar-refractivity contribution in [3.8, 4) is 0 Å². The van der Waals surface area contributed by atoms with Crippen molar-refractivity contribution in [2.24, 2.45) is 11.7 Å². The van der Waals surface area contributed by atoms with E-state index in [9.17, 15) is 0 Å². The highest BCUT2D eigenvalue weighted by Crippen LogP contribution is 2.23. The number of ether oxygens (including phenoxy) is 1. The highest BCUT2D eigenvalue weighted by molar-refractivity contribution is 5.80. The molecule has 0 unspecified atom stereocenters. The van der Waals surface area contributed by atoms with E-state index in [4.69, 9.17) is 10.5 Å². The normalized spacial score (nSPS) is 16.9. The van der Waals surface area contributed by atoms with Gasteiger partial charge in [-0.25, -0.2) is 0 Å². The number of hydrogen-bond donors (Lipinski definition) is 1. The van der Waals surface area contributed by atoms with Crippen molar-refractivity contribution in [2.75, 3.05) is 19.8 Å². The standard InChI is InChI=1S/C17H24N2O/c18-8-1-2-14-3-4-16-5-9-19(17(16)12-14)13-15-6-10-20-11-7-15/h3-5,9,12,15H,1-2,6-8,10-11,13,18H2. The van der Waals surface area contributed by atoms with Crippen LogP contribution in [-0.4, -0.2) is 24.3 Å². The van der Waals surface area contributed by atoms with Gasteiger partial charge in [-0.05, 0) is 61.2 Å². The van der Waals surface area contributed by atoms with Crippen LogP contribution < -0.4 is 5.73 Å². The van der Waals surface area contributed by atoms with Gasteiger partial charge in [0.25, 0.3) is 0 Å². The molecular weight excluding hydrogens is 248 g/mol. The summed E-state index contributed by atoms with van der Waals surface area (Å²) in [6, 6.07) is 9.03. The zero-order valence-electron chi connectivity index (χ0n) is 12.1. The van der Waals surface area contributed by atoms with Crippen LogP contribution in [0.15, 0.2) is 30.5 Å². The van der Waals surface area contributed by atoms with Crippen LogP contribution in [0.1, 0.15) is 24.8 Å². The number of benzene rings is 1. The molecule has 1 fully saturated rings. The first-order valence-electron chi connectivity index (χ1n) is 7.72. The van der Waals surface area contributed by atoms with Gasteiger partial charge in [-0.15, -0.1) is 0 Å². The van der Waals surface area contributed by atoms with Gasteiger partial charge in [-0.1, -0.05) is 12.1 Å². The SMILES string of the molecule is NCCCc1ccc2ccn(CC3CCOCC3)c2c1. The van der Waals surface area contributed by atoms with Crippen LogP contribution in [0.25, 0.3) is 10.9 Å². The van der Waals surface area contributed by atoms with Crippen LogP contribution in [0.5, 0.6) is 0 Å². The lowest BCUT2D eigenvalue weighted by Crippen LogP contribution is -2.20. The van der Waals surface area contributed by atoms with Gasteiger partial charge in [-0.2, -0.15) is 0 Å². The molecule has 0 bridgehead atoms. The predicted octanol–water partition coefficient (Wildman–Crippen LogP) is 2.96. The molecular formula is C17H24N2O. The molecule has 2 heterocycles. The van der Waals surface area contributed by atoms with Gasteiger partial charge in [0.05, 0.1) is 0 Å². The maximum absolute atomic E-state index is 5.61. The van der Waals surface area contributed by atoms with E-state index in [2.05, 4.69) is 35.0 Å². The van der Waals surface area contributed by atoms with E-state index in [1.165, 1.54) is 29.3 Å². The second-order valence-electron chi connectivity index (χ2n) is 5.81. The summed E-state index contributed by atoms with van der Waals surface area (Å²) in [5.41, 5.74) is 8.37. The molecule has 0 radical (unpaired) electrons. The molecule has 0 atom stereocenters. The van der Waals surface area contributed by atoms with Gasteiger partial charge in [0.15, 0.2) is 0 Å². The van der Waals surface area contributed by atoms with Crippen LogP contribution >= 0.6 is 0 Å². The molecule has 20 heavy (non-hydrogen) atoms. The second kappa shape index (κ2) is 6.42. The second-order valence-corrected chi connectivity index (χ2v) is 5.81. The highest BCUT2D eigenvalue weighted by atomic mass is 16.5. The highest BCUT2D eigenvalue weighted by Gasteiger charge is 2.15. The molecule has 2 N–H and O–H groups in total. The van der Waals surface area contributed by atoms with Crippen molar-refractivity contribution in [3.63, 3.8) is 0 Å². The summed E-state index contributed by atoms with van der Waals surface area (Å²) < 4.78 is 7.86. The Bertz CT molecular complexity index is 555. The van der Waals surface area contributed by atoms with Crippen LogP contribution in [0.2, 0.25) is 0 Å². The fraction of sp³-hybridized carbons (Fsp3) is 0.529. The summed E-state index contributed by atoms with van der Waals surface area (Å²) in [5.74, 6) is 0.757. The van der Waals surface area contributed by atoms with E-state index in [1.54, 1.807) is 0 Å². The van der Waals surface area contributed by atoms with E-state index in [1.807, 2.05) is 0 Å². The van der Waals surface area contributed by atoms with Gasteiger partial charge in [0.2, 0.25) is 0 Å². The number of nitrogens with two attached hydrogens (primary N) is 1. The molecule has 1 aliphatic rings. The Morgan fingerprint density at radius 1 is 1.20 bits per heavy atom. The first kappa shape index (κ1) is 13.7. The number of aromatic nitrogens is 1. The van der Waals surface area contributed by atoms with Crippen molar-refractivity contribution in [1.29, 1.82) is 0 Å². The Kier molecular flexibility index (Phi) is 4.38. The molecule has 1 aliphatic heterocycles. The molecule has 1 aromatic carbocycles. The van der Waals surface area contributed by atoms with Crippen molar-refractivity contribution >= 4 is 10.9 Å². The summed E-state index contributed by atoms with van der Waals surface area (Å²) in [5, 5.41) is 1.34. The van der Waals surface area contributed by atoms with Gasteiger partial charge in [-0.3, -0.25) is 0 Å². The number of hydrogen-bond acceptors (Lipinski definition) is 2. The smallest absolute Gasteiger partial charge is 0.0483 e. The fourth-order valence-corrected chi connectivity index (χ4v) is 3.06. The molecule has 1 aromatic heterocycles. The summed E-state index contributed by atoms with van der Waals surface area (Å²) in [6.45, 7) is 3.73. The van der Waals surface area contributed by atoms with Crippen LogP contribution in [-0.2, 0) is 17.7 Å². The minimum atomic E-state index is 0.757. The minimum Gasteiger partial charge on any atom is -0.381 e. The Balaban J connectivity index is 1.79. The van der Waals surface area contributed by atoms with E-state index in [0.717, 1.165) is 45.1 Å². The molecule has 0 saturated carbocycles. The van der Waals surface area contributed by atoms with Crippen molar-refractivity contribution in [3.05, 3.63) is 36.0 Å². The zero-order chi connectivity index (χ0) is 13.8. The summed E-state index contributed by atoms with van der Waals surface area (Å²) in [4.78, 5) is 0. The lowest BCUT2D eigenvalue weighted by atomic mass is 10.0. The Morgan fingerprint density at radius 2 is 2.05 bits per heavy atom. The number of rotatable bonds is 5. The molecule has 3 rings (SSSR count). The largest absolute Gasteiger partial charge is 0.381 e. The summed E-state index contributed by atoms with van der Waals surface area (Å²) >= 11 is 0. The van der Waals surface area contributed by atoms with Gasteiger partial charge in [0.1, 0.15) is 0 Å². The first-order chi connectivity index (χ1) is 9.86. The Morgan fingerprint density at radius 3 is 2.85 bits per heavy atom. The maximum atomic E-state index is 5.61. The fourth-order valence-electron chi connectivity index (χ4n) is 3.06. The summed E-state index contributed by atoms with van der Waals surface area (Å²) in [7, 11) is 0. The molecule has 1 saturated heterocycles. The minimum absolute atomic E-state index is 0.757. The monoisotopic (exact) mass is 272 g/mol. The number of fused-ring (bicyclic) bond motifs is 1. The number of aryl methyl sites for hydroxylation is 1. The lowest BCUT2D eigenvalue weighted by Gasteiger charge is -2.22. The zero-order valence-corrected chi connectivity index (χ0v) is 12.1. The third-order valence-electron chi connectivity index (χ3n) is 4.30. The predicted molar refractivity (Wildman–Crippen MR) is 82.9 cm³/mol. The average molecular weight is 272 g/mol. The third kappa shape index (κ3) is 3.05. The van der Waals surface area contributed by atoms with Crippen molar-refractivity contribution in [1.82, 2.24) is 4.57 Å². The quantitative estimate of drug-likeness (QED) is 0.909. The Hall–Kier alpha value is -1.32. The first-order valence-corrected chi connectivity index (χ1v) is 7.72. The molecule has 2 aromatic rings. The van der Waals surface area contributed by atoms with Gasteiger partial charge >= 0.3 is 0 Å². The maximum Gasteiger partial charge on any atom is 0.0483 e. The molecule has 0 spiro atoms. The van der Waals surface area contributed by atoms with Crippen molar-refractivity contribution in [2.45, 2.75) is 32.2 Å². The average Bonchev–Trinajstić information content (AvgIpc) is 2.89. The van der Waals surface area contributed by atoms with E-state index >= 15 is 0 Å².